The number of aromatic nitrogens is 1. The van der Waals surface area contributed by atoms with Gasteiger partial charge in [-0.1, -0.05) is 13.8 Å². The molecule has 0 aliphatic rings. The molecule has 1 atom stereocenters. The van der Waals surface area contributed by atoms with Crippen molar-refractivity contribution in [3.05, 3.63) is 24.0 Å². The lowest BCUT2D eigenvalue weighted by atomic mass is 10.1. The number of nitrogens with one attached hydrogen (secondary N) is 1. The molecule has 0 aliphatic heterocycles. The molecule has 0 bridgehead atoms. The van der Waals surface area contributed by atoms with Gasteiger partial charge in [0, 0.05) is 31.6 Å². The molecule has 0 radical (unpaired) electrons. The highest BCUT2D eigenvalue weighted by Crippen LogP contribution is 2.05. The number of aliphatic hydroxyl groups excluding tert-OH is 1. The molecule has 1 unspecified atom stereocenters. The van der Waals surface area contributed by atoms with Crippen LogP contribution >= 0.6 is 0 Å². The Labute approximate surface area is 105 Å². The maximum Gasteiger partial charge on any atom is 0.0456 e. The molecule has 3 heteroatoms. The molecule has 0 aliphatic carbocycles. The van der Waals surface area contributed by atoms with Gasteiger partial charge >= 0.3 is 0 Å². The van der Waals surface area contributed by atoms with Crippen LogP contribution in [0, 0.1) is 5.92 Å². The monoisotopic (exact) mass is 238 g/mol. The predicted octanol–water partition coefficient (Wildman–Crippen LogP) is 2.40. The zero-order valence-electron chi connectivity index (χ0n) is 11.2. The van der Waals surface area contributed by atoms with Gasteiger partial charge in [-0.25, -0.2) is 0 Å². The molecule has 0 amide bonds. The van der Waals surface area contributed by atoms with Crippen LogP contribution in [0.15, 0.2) is 18.3 Å². The Hall–Kier alpha value is -0.800. The van der Waals surface area contributed by atoms with Gasteiger partial charge in [-0.15, -0.1) is 0 Å². The lowest BCUT2D eigenvalue weighted by molar-refractivity contribution is 0.228. The Morgan fingerprint density at radius 1 is 1.47 bits per heavy atom. The van der Waals surface area contributed by atoms with E-state index in [4.69, 9.17) is 5.11 Å². The average Bonchev–Trinajstić information content (AvgIpc) is 2.76. The van der Waals surface area contributed by atoms with E-state index < -0.39 is 0 Å². The highest BCUT2D eigenvalue weighted by Gasteiger charge is 2.01. The molecule has 0 aromatic carbocycles. The lowest BCUT2D eigenvalue weighted by Crippen LogP contribution is -2.18. The fraction of sp³-hybridized carbons (Fsp3) is 0.714. The van der Waals surface area contributed by atoms with E-state index >= 15 is 0 Å². The minimum atomic E-state index is 0.305. The zero-order chi connectivity index (χ0) is 12.5. The van der Waals surface area contributed by atoms with Crippen molar-refractivity contribution < 1.29 is 5.11 Å². The number of rotatable bonds is 9. The molecule has 17 heavy (non-hydrogen) atoms. The summed E-state index contributed by atoms with van der Waals surface area (Å²) >= 11 is 0. The van der Waals surface area contributed by atoms with Crippen molar-refractivity contribution in [3.63, 3.8) is 0 Å². The summed E-state index contributed by atoms with van der Waals surface area (Å²) in [7, 11) is 0. The van der Waals surface area contributed by atoms with Crippen LogP contribution in [0.2, 0.25) is 0 Å². The molecule has 0 saturated heterocycles. The smallest absolute Gasteiger partial charge is 0.0456 e. The molecule has 3 nitrogen and oxygen atoms in total. The fourth-order valence-electron chi connectivity index (χ4n) is 1.95. The summed E-state index contributed by atoms with van der Waals surface area (Å²) in [6.07, 6.45) is 5.56. The highest BCUT2D eigenvalue weighted by atomic mass is 16.3. The second-order valence-electron chi connectivity index (χ2n) is 4.80. The maximum atomic E-state index is 8.91. The number of aryl methyl sites for hydroxylation is 1. The van der Waals surface area contributed by atoms with Crippen LogP contribution in [-0.4, -0.2) is 22.8 Å². The molecular formula is C14H26N2O. The third-order valence-corrected chi connectivity index (χ3v) is 3.06. The summed E-state index contributed by atoms with van der Waals surface area (Å²) in [5.41, 5.74) is 1.36. The molecule has 0 saturated carbocycles. The third-order valence-electron chi connectivity index (χ3n) is 3.06. The van der Waals surface area contributed by atoms with Gasteiger partial charge in [0.15, 0.2) is 0 Å². The largest absolute Gasteiger partial charge is 0.396 e. The van der Waals surface area contributed by atoms with Crippen molar-refractivity contribution in [2.24, 2.45) is 5.92 Å². The topological polar surface area (TPSA) is 37.2 Å². The summed E-state index contributed by atoms with van der Waals surface area (Å²) in [5, 5.41) is 12.4. The Morgan fingerprint density at radius 2 is 2.29 bits per heavy atom. The van der Waals surface area contributed by atoms with E-state index in [0.717, 1.165) is 32.5 Å². The second-order valence-corrected chi connectivity index (χ2v) is 4.80. The highest BCUT2D eigenvalue weighted by molar-refractivity contribution is 5.06. The van der Waals surface area contributed by atoms with Crippen LogP contribution in [-0.2, 0) is 13.1 Å². The van der Waals surface area contributed by atoms with Crippen LogP contribution in [0.25, 0.3) is 0 Å². The van der Waals surface area contributed by atoms with Crippen molar-refractivity contribution in [1.29, 1.82) is 0 Å². The fourth-order valence-corrected chi connectivity index (χ4v) is 1.95. The van der Waals surface area contributed by atoms with Crippen LogP contribution in [0.5, 0.6) is 0 Å². The summed E-state index contributed by atoms with van der Waals surface area (Å²) in [5.74, 6) is 0.431. The first-order valence-corrected chi connectivity index (χ1v) is 6.73. The van der Waals surface area contributed by atoms with Gasteiger partial charge in [0.1, 0.15) is 0 Å². The van der Waals surface area contributed by atoms with Gasteiger partial charge in [0.05, 0.1) is 0 Å². The Balaban J connectivity index is 2.15. The van der Waals surface area contributed by atoms with Gasteiger partial charge in [0.25, 0.3) is 0 Å². The van der Waals surface area contributed by atoms with E-state index in [1.807, 2.05) is 0 Å². The lowest BCUT2D eigenvalue weighted by Gasteiger charge is -2.10. The Kier molecular flexibility index (Phi) is 6.97. The van der Waals surface area contributed by atoms with Gasteiger partial charge in [-0.05, 0) is 43.9 Å². The van der Waals surface area contributed by atoms with E-state index in [1.165, 1.54) is 12.1 Å². The van der Waals surface area contributed by atoms with E-state index in [9.17, 15) is 0 Å². The minimum absolute atomic E-state index is 0.305. The first-order valence-electron chi connectivity index (χ1n) is 6.73. The van der Waals surface area contributed by atoms with Crippen LogP contribution in [0.4, 0.5) is 0 Å². The standard InChI is InChI=1S/C14H26N2O/c1-3-9-16-10-5-7-14(16)11-15-8-4-6-13(2)12-17/h5,7,10,13,15,17H,3-4,6,8-9,11-12H2,1-2H3. The normalized spacial score (nSPS) is 12.9. The van der Waals surface area contributed by atoms with E-state index in [2.05, 4.69) is 42.1 Å². The number of hydrogen-bond acceptors (Lipinski definition) is 2. The van der Waals surface area contributed by atoms with E-state index in [1.54, 1.807) is 0 Å². The first kappa shape index (κ1) is 14.3. The molecule has 1 aromatic heterocycles. The SMILES string of the molecule is CCCn1cccc1CNCCCC(C)CO. The van der Waals surface area contributed by atoms with E-state index in [-0.39, 0.29) is 0 Å². The summed E-state index contributed by atoms with van der Waals surface area (Å²) in [6.45, 7) is 7.67. The molecule has 1 aromatic rings. The van der Waals surface area contributed by atoms with Crippen molar-refractivity contribution >= 4 is 0 Å². The van der Waals surface area contributed by atoms with Crippen molar-refractivity contribution in [3.8, 4) is 0 Å². The van der Waals surface area contributed by atoms with E-state index in [0.29, 0.717) is 12.5 Å². The maximum absolute atomic E-state index is 8.91. The Bertz CT molecular complexity index is 296. The van der Waals surface area contributed by atoms with Gasteiger partial charge in [-0.2, -0.15) is 0 Å². The molecule has 1 rings (SSSR count). The first-order chi connectivity index (χ1) is 8.27. The van der Waals surface area contributed by atoms with Gasteiger partial charge in [0.2, 0.25) is 0 Å². The third kappa shape index (κ3) is 5.37. The second kappa shape index (κ2) is 8.31. The van der Waals surface area contributed by atoms with Crippen LogP contribution < -0.4 is 5.32 Å². The number of nitrogens with zero attached hydrogens (tertiary/aromatic N) is 1. The van der Waals surface area contributed by atoms with Gasteiger partial charge in [-0.3, -0.25) is 0 Å². The summed E-state index contributed by atoms with van der Waals surface area (Å²) in [4.78, 5) is 0. The Morgan fingerprint density at radius 3 is 3.00 bits per heavy atom. The van der Waals surface area contributed by atoms with Crippen molar-refractivity contribution in [1.82, 2.24) is 9.88 Å². The van der Waals surface area contributed by atoms with Crippen LogP contribution in [0.1, 0.15) is 38.8 Å². The molecule has 98 valence electrons. The zero-order valence-corrected chi connectivity index (χ0v) is 11.2. The molecule has 0 fully saturated rings. The molecule has 2 N–H and O–H groups in total. The average molecular weight is 238 g/mol. The molecule has 0 spiro atoms. The minimum Gasteiger partial charge on any atom is -0.396 e. The van der Waals surface area contributed by atoms with Crippen LogP contribution in [0.3, 0.4) is 0 Å². The number of aliphatic hydroxyl groups is 1. The molecular weight excluding hydrogens is 212 g/mol. The quantitative estimate of drug-likeness (QED) is 0.648. The predicted molar refractivity (Wildman–Crippen MR) is 71.9 cm³/mol. The molecule has 1 heterocycles. The summed E-state index contributed by atoms with van der Waals surface area (Å²) < 4.78 is 2.31. The summed E-state index contributed by atoms with van der Waals surface area (Å²) in [6, 6.07) is 4.29. The van der Waals surface area contributed by atoms with Crippen molar-refractivity contribution in [2.75, 3.05) is 13.2 Å². The van der Waals surface area contributed by atoms with Crippen molar-refractivity contribution in [2.45, 2.75) is 46.2 Å². The van der Waals surface area contributed by atoms with Gasteiger partial charge < -0.3 is 15.0 Å². The number of hydrogen-bond donors (Lipinski definition) is 2.